The molecule has 23 heavy (non-hydrogen) atoms. The lowest BCUT2D eigenvalue weighted by Gasteiger charge is -2.20. The molecule has 2 aromatic heterocycles. The molecule has 0 unspecified atom stereocenters. The van der Waals surface area contributed by atoms with Crippen LogP contribution in [0.25, 0.3) is 10.9 Å². The minimum absolute atomic E-state index is 0.0977. The molecule has 5 nitrogen and oxygen atoms in total. The van der Waals surface area contributed by atoms with Crippen molar-refractivity contribution in [1.82, 2.24) is 19.6 Å². The van der Waals surface area contributed by atoms with Crippen LogP contribution in [0.4, 0.5) is 0 Å². The van der Waals surface area contributed by atoms with E-state index in [-0.39, 0.29) is 11.1 Å². The number of hydrogen-bond donors (Lipinski definition) is 0. The van der Waals surface area contributed by atoms with Crippen molar-refractivity contribution in [2.24, 2.45) is 0 Å². The third-order valence-electron chi connectivity index (χ3n) is 3.92. The molecule has 5 heteroatoms. The summed E-state index contributed by atoms with van der Waals surface area (Å²) in [5.74, 6) is 0. The van der Waals surface area contributed by atoms with E-state index in [9.17, 15) is 4.79 Å². The van der Waals surface area contributed by atoms with Crippen molar-refractivity contribution in [3.8, 4) is 0 Å². The Hall–Kier alpha value is -2.43. The Morgan fingerprint density at radius 1 is 1.17 bits per heavy atom. The van der Waals surface area contributed by atoms with Crippen LogP contribution in [0.3, 0.4) is 0 Å². The van der Waals surface area contributed by atoms with E-state index in [0.717, 1.165) is 16.6 Å². The SMILES string of the molecule is Cc1cccc(Cn2nc(C)c3cnn(C(C)(C)C)c3c2=O)c1. The van der Waals surface area contributed by atoms with Crippen molar-refractivity contribution >= 4 is 10.9 Å². The molecule has 1 aromatic carbocycles. The van der Waals surface area contributed by atoms with Gasteiger partial charge in [-0.3, -0.25) is 9.48 Å². The van der Waals surface area contributed by atoms with Crippen molar-refractivity contribution < 1.29 is 0 Å². The van der Waals surface area contributed by atoms with Gasteiger partial charge in [-0.1, -0.05) is 29.8 Å². The van der Waals surface area contributed by atoms with Crippen LogP contribution in [-0.2, 0) is 12.1 Å². The summed E-state index contributed by atoms with van der Waals surface area (Å²) >= 11 is 0. The Balaban J connectivity index is 2.19. The average molecular weight is 310 g/mol. The topological polar surface area (TPSA) is 52.7 Å². The molecular formula is C18H22N4O. The van der Waals surface area contributed by atoms with Gasteiger partial charge in [0.2, 0.25) is 0 Å². The zero-order valence-corrected chi connectivity index (χ0v) is 14.3. The fraction of sp³-hybridized carbons (Fsp3) is 0.389. The molecule has 0 amide bonds. The number of benzene rings is 1. The van der Waals surface area contributed by atoms with Gasteiger partial charge in [-0.25, -0.2) is 4.68 Å². The molecule has 0 radical (unpaired) electrons. The van der Waals surface area contributed by atoms with Crippen LogP contribution in [0.15, 0.2) is 35.3 Å². The molecule has 0 spiro atoms. The van der Waals surface area contributed by atoms with Gasteiger partial charge < -0.3 is 0 Å². The van der Waals surface area contributed by atoms with Crippen molar-refractivity contribution in [2.75, 3.05) is 0 Å². The Labute approximate surface area is 135 Å². The summed E-state index contributed by atoms with van der Waals surface area (Å²) in [7, 11) is 0. The highest BCUT2D eigenvalue weighted by molar-refractivity contribution is 5.79. The van der Waals surface area contributed by atoms with Gasteiger partial charge in [0.1, 0.15) is 5.52 Å². The highest BCUT2D eigenvalue weighted by Crippen LogP contribution is 2.20. The maximum atomic E-state index is 12.9. The standard InChI is InChI=1S/C18H22N4O/c1-12-7-6-8-14(9-12)11-21-17(23)16-15(13(2)20-21)10-19-22(16)18(3,4)5/h6-10H,11H2,1-5H3. The highest BCUT2D eigenvalue weighted by Gasteiger charge is 2.21. The zero-order valence-electron chi connectivity index (χ0n) is 14.3. The summed E-state index contributed by atoms with van der Waals surface area (Å²) in [6.07, 6.45) is 1.74. The second kappa shape index (κ2) is 5.33. The Morgan fingerprint density at radius 3 is 2.57 bits per heavy atom. The predicted octanol–water partition coefficient (Wildman–Crippen LogP) is 3.01. The van der Waals surface area contributed by atoms with Crippen LogP contribution in [0, 0.1) is 13.8 Å². The smallest absolute Gasteiger partial charge is 0.265 e. The van der Waals surface area contributed by atoms with Gasteiger partial charge in [0.05, 0.1) is 24.0 Å². The van der Waals surface area contributed by atoms with Crippen molar-refractivity contribution in [1.29, 1.82) is 0 Å². The molecule has 0 saturated carbocycles. The number of fused-ring (bicyclic) bond motifs is 1. The molecule has 120 valence electrons. The summed E-state index contributed by atoms with van der Waals surface area (Å²) in [6.45, 7) is 10.6. The van der Waals surface area contributed by atoms with Crippen molar-refractivity contribution in [2.45, 2.75) is 46.7 Å². The first-order valence-electron chi connectivity index (χ1n) is 7.79. The van der Waals surface area contributed by atoms with Gasteiger partial charge in [0.15, 0.2) is 0 Å². The molecule has 0 bridgehead atoms. The molecule has 0 aliphatic rings. The third kappa shape index (κ3) is 2.79. The van der Waals surface area contributed by atoms with E-state index in [4.69, 9.17) is 0 Å². The van der Waals surface area contributed by atoms with Crippen LogP contribution >= 0.6 is 0 Å². The van der Waals surface area contributed by atoms with E-state index in [1.54, 1.807) is 10.9 Å². The van der Waals surface area contributed by atoms with Crippen LogP contribution < -0.4 is 5.56 Å². The highest BCUT2D eigenvalue weighted by atomic mass is 16.1. The molecule has 3 rings (SSSR count). The van der Waals surface area contributed by atoms with E-state index < -0.39 is 0 Å². The molecule has 0 saturated heterocycles. The fourth-order valence-corrected chi connectivity index (χ4v) is 2.82. The van der Waals surface area contributed by atoms with Crippen LogP contribution in [0.5, 0.6) is 0 Å². The van der Waals surface area contributed by atoms with E-state index in [1.807, 2.05) is 52.8 Å². The molecule has 3 aromatic rings. The Morgan fingerprint density at radius 2 is 1.91 bits per heavy atom. The third-order valence-corrected chi connectivity index (χ3v) is 3.92. The average Bonchev–Trinajstić information content (AvgIpc) is 2.90. The normalized spacial score (nSPS) is 12.0. The van der Waals surface area contributed by atoms with E-state index in [1.165, 1.54) is 10.2 Å². The molecule has 0 atom stereocenters. The Bertz CT molecular complexity index is 928. The molecule has 2 heterocycles. The van der Waals surface area contributed by atoms with Crippen LogP contribution in [0.1, 0.15) is 37.6 Å². The fourth-order valence-electron chi connectivity index (χ4n) is 2.82. The van der Waals surface area contributed by atoms with Crippen molar-refractivity contribution in [3.05, 3.63) is 57.6 Å². The first kappa shape index (κ1) is 15.5. The summed E-state index contributed by atoms with van der Waals surface area (Å²) in [4.78, 5) is 12.9. The number of nitrogens with zero attached hydrogens (tertiary/aromatic N) is 4. The lowest BCUT2D eigenvalue weighted by atomic mass is 10.1. The second-order valence-electron chi connectivity index (χ2n) is 7.03. The summed E-state index contributed by atoms with van der Waals surface area (Å²) in [6, 6.07) is 8.14. The predicted molar refractivity (Wildman–Crippen MR) is 91.8 cm³/mol. The quantitative estimate of drug-likeness (QED) is 0.731. The molecule has 0 aliphatic carbocycles. The van der Waals surface area contributed by atoms with Crippen LogP contribution in [-0.4, -0.2) is 19.6 Å². The first-order chi connectivity index (χ1) is 10.8. The molecule has 0 fully saturated rings. The minimum atomic E-state index is -0.254. The molecule has 0 N–H and O–H groups in total. The summed E-state index contributed by atoms with van der Waals surface area (Å²) < 4.78 is 3.34. The number of hydrogen-bond acceptors (Lipinski definition) is 3. The van der Waals surface area contributed by atoms with E-state index in [2.05, 4.69) is 16.3 Å². The van der Waals surface area contributed by atoms with Crippen LogP contribution in [0.2, 0.25) is 0 Å². The lowest BCUT2D eigenvalue weighted by molar-refractivity contribution is 0.366. The van der Waals surface area contributed by atoms with Gasteiger partial charge >= 0.3 is 0 Å². The second-order valence-corrected chi connectivity index (χ2v) is 7.03. The first-order valence-corrected chi connectivity index (χ1v) is 7.79. The largest absolute Gasteiger partial charge is 0.293 e. The van der Waals surface area contributed by atoms with Gasteiger partial charge in [-0.05, 0) is 40.2 Å². The monoisotopic (exact) mass is 310 g/mol. The minimum Gasteiger partial charge on any atom is -0.265 e. The maximum Gasteiger partial charge on any atom is 0.293 e. The van der Waals surface area contributed by atoms with E-state index in [0.29, 0.717) is 12.1 Å². The van der Waals surface area contributed by atoms with Gasteiger partial charge in [0, 0.05) is 5.39 Å². The van der Waals surface area contributed by atoms with Gasteiger partial charge in [-0.2, -0.15) is 10.2 Å². The maximum absolute atomic E-state index is 12.9. The molecular weight excluding hydrogens is 288 g/mol. The van der Waals surface area contributed by atoms with Crippen molar-refractivity contribution in [3.63, 3.8) is 0 Å². The zero-order chi connectivity index (χ0) is 16.8. The lowest BCUT2D eigenvalue weighted by Crippen LogP contribution is -2.31. The number of aryl methyl sites for hydroxylation is 2. The molecule has 0 aliphatic heterocycles. The number of aromatic nitrogens is 4. The Kier molecular flexibility index (Phi) is 3.59. The summed E-state index contributed by atoms with van der Waals surface area (Å²) in [5.41, 5.74) is 3.34. The van der Waals surface area contributed by atoms with E-state index >= 15 is 0 Å². The summed E-state index contributed by atoms with van der Waals surface area (Å²) in [5, 5.41) is 9.71. The van der Waals surface area contributed by atoms with Gasteiger partial charge in [0.25, 0.3) is 5.56 Å². The number of rotatable bonds is 2. The van der Waals surface area contributed by atoms with Gasteiger partial charge in [-0.15, -0.1) is 0 Å².